The Bertz CT molecular complexity index is 551. The van der Waals surface area contributed by atoms with E-state index in [0.717, 1.165) is 14.9 Å². The Morgan fingerprint density at radius 2 is 1.59 bits per heavy atom. The van der Waals surface area contributed by atoms with Gasteiger partial charge in [0.05, 0.1) is 0 Å². The van der Waals surface area contributed by atoms with Crippen molar-refractivity contribution < 1.29 is 4.79 Å². The second-order valence-electron chi connectivity index (χ2n) is 3.51. The summed E-state index contributed by atoms with van der Waals surface area (Å²) in [5, 5.41) is 0. The minimum Gasteiger partial charge on any atom is -0.289 e. The molecule has 1 nitrogen and oxygen atoms in total. The fraction of sp³-hybridized carbons (Fsp3) is 0.0714. The van der Waals surface area contributed by atoms with Crippen LogP contribution in [-0.2, 0) is 0 Å². The van der Waals surface area contributed by atoms with Gasteiger partial charge in [0.15, 0.2) is 5.78 Å². The SMILES string of the molecule is CSc1ccccc1C(=O)c1ccccc1Br. The molecule has 86 valence electrons. The molecule has 2 rings (SSSR count). The molecule has 0 amide bonds. The molecule has 0 bridgehead atoms. The summed E-state index contributed by atoms with van der Waals surface area (Å²) in [6, 6.07) is 15.2. The molecule has 0 fully saturated rings. The van der Waals surface area contributed by atoms with E-state index in [0.29, 0.717) is 5.56 Å². The topological polar surface area (TPSA) is 17.1 Å². The molecule has 0 unspecified atom stereocenters. The van der Waals surface area contributed by atoms with Crippen LogP contribution in [0.4, 0.5) is 0 Å². The maximum Gasteiger partial charge on any atom is 0.195 e. The summed E-state index contributed by atoms with van der Waals surface area (Å²) in [5.74, 6) is 0.0578. The van der Waals surface area contributed by atoms with E-state index in [1.54, 1.807) is 11.8 Å². The molecular formula is C14H11BrOS. The van der Waals surface area contributed by atoms with Gasteiger partial charge < -0.3 is 0 Å². The predicted molar refractivity (Wildman–Crippen MR) is 75.8 cm³/mol. The van der Waals surface area contributed by atoms with Crippen molar-refractivity contribution in [2.24, 2.45) is 0 Å². The first-order valence-electron chi connectivity index (χ1n) is 5.16. The van der Waals surface area contributed by atoms with Gasteiger partial charge in [-0.2, -0.15) is 0 Å². The third-order valence-electron chi connectivity index (χ3n) is 2.47. The fourth-order valence-corrected chi connectivity index (χ4v) is 2.68. The average Bonchev–Trinajstić information content (AvgIpc) is 2.38. The van der Waals surface area contributed by atoms with Crippen molar-refractivity contribution in [3.05, 3.63) is 64.1 Å². The quantitative estimate of drug-likeness (QED) is 0.617. The predicted octanol–water partition coefficient (Wildman–Crippen LogP) is 4.40. The Labute approximate surface area is 113 Å². The number of rotatable bonds is 3. The van der Waals surface area contributed by atoms with Crippen LogP contribution in [0.2, 0.25) is 0 Å². The highest BCUT2D eigenvalue weighted by Gasteiger charge is 2.14. The monoisotopic (exact) mass is 306 g/mol. The molecular weight excluding hydrogens is 296 g/mol. The van der Waals surface area contributed by atoms with Crippen LogP contribution in [0.15, 0.2) is 57.9 Å². The Balaban J connectivity index is 2.48. The molecule has 0 aliphatic rings. The third-order valence-corrected chi connectivity index (χ3v) is 3.96. The molecule has 0 aliphatic heterocycles. The van der Waals surface area contributed by atoms with Gasteiger partial charge in [0.1, 0.15) is 0 Å². The van der Waals surface area contributed by atoms with Crippen molar-refractivity contribution in [3.8, 4) is 0 Å². The summed E-state index contributed by atoms with van der Waals surface area (Å²) in [4.78, 5) is 13.4. The summed E-state index contributed by atoms with van der Waals surface area (Å²) >= 11 is 5.00. The molecule has 0 saturated carbocycles. The van der Waals surface area contributed by atoms with Gasteiger partial charge in [-0.3, -0.25) is 4.79 Å². The zero-order valence-corrected chi connectivity index (χ0v) is 11.7. The normalized spacial score (nSPS) is 10.2. The standard InChI is InChI=1S/C14H11BrOS/c1-17-13-9-5-3-7-11(13)14(16)10-6-2-4-8-12(10)15/h2-9H,1H3. The molecule has 0 aromatic heterocycles. The third kappa shape index (κ3) is 2.61. The van der Waals surface area contributed by atoms with E-state index in [-0.39, 0.29) is 5.78 Å². The number of carbonyl (C=O) groups excluding carboxylic acids is 1. The first-order chi connectivity index (χ1) is 8.24. The molecule has 0 aliphatic carbocycles. The van der Waals surface area contributed by atoms with Crippen LogP contribution in [0, 0.1) is 0 Å². The van der Waals surface area contributed by atoms with Gasteiger partial charge in [-0.25, -0.2) is 0 Å². The van der Waals surface area contributed by atoms with Crippen LogP contribution in [0.3, 0.4) is 0 Å². The molecule has 2 aromatic rings. The minimum absolute atomic E-state index is 0.0578. The maximum absolute atomic E-state index is 12.4. The van der Waals surface area contributed by atoms with Crippen LogP contribution in [0.1, 0.15) is 15.9 Å². The first kappa shape index (κ1) is 12.4. The van der Waals surface area contributed by atoms with Crippen LogP contribution < -0.4 is 0 Å². The van der Waals surface area contributed by atoms with Crippen LogP contribution in [-0.4, -0.2) is 12.0 Å². The highest BCUT2D eigenvalue weighted by Crippen LogP contribution is 2.25. The van der Waals surface area contributed by atoms with E-state index in [1.807, 2.05) is 54.8 Å². The van der Waals surface area contributed by atoms with Gasteiger partial charge in [0.2, 0.25) is 0 Å². The van der Waals surface area contributed by atoms with E-state index in [1.165, 1.54) is 0 Å². The largest absolute Gasteiger partial charge is 0.289 e. The number of benzene rings is 2. The number of hydrogen-bond donors (Lipinski definition) is 0. The van der Waals surface area contributed by atoms with Crippen molar-refractivity contribution in [1.29, 1.82) is 0 Å². The summed E-state index contributed by atoms with van der Waals surface area (Å²) < 4.78 is 0.834. The molecule has 17 heavy (non-hydrogen) atoms. The number of ketones is 1. The minimum atomic E-state index is 0.0578. The highest BCUT2D eigenvalue weighted by molar-refractivity contribution is 9.10. The van der Waals surface area contributed by atoms with Gasteiger partial charge in [0.25, 0.3) is 0 Å². The van der Waals surface area contributed by atoms with Crippen molar-refractivity contribution in [3.63, 3.8) is 0 Å². The summed E-state index contributed by atoms with van der Waals surface area (Å²) in [5.41, 5.74) is 1.46. The zero-order chi connectivity index (χ0) is 12.3. The van der Waals surface area contributed by atoms with E-state index >= 15 is 0 Å². The lowest BCUT2D eigenvalue weighted by Crippen LogP contribution is -2.03. The van der Waals surface area contributed by atoms with Gasteiger partial charge in [-0.05, 0) is 30.5 Å². The number of halogens is 1. The molecule has 0 atom stereocenters. The Hall–Kier alpha value is -1.06. The van der Waals surface area contributed by atoms with Gasteiger partial charge in [-0.1, -0.05) is 40.2 Å². The molecule has 2 aromatic carbocycles. The van der Waals surface area contributed by atoms with Gasteiger partial charge >= 0.3 is 0 Å². The van der Waals surface area contributed by atoms with Gasteiger partial charge in [0, 0.05) is 20.5 Å². The lowest BCUT2D eigenvalue weighted by molar-refractivity contribution is 0.103. The Kier molecular flexibility index (Phi) is 4.02. The molecule has 0 saturated heterocycles. The van der Waals surface area contributed by atoms with Crippen molar-refractivity contribution >= 4 is 33.5 Å². The number of carbonyl (C=O) groups is 1. The van der Waals surface area contributed by atoms with E-state index < -0.39 is 0 Å². The molecule has 3 heteroatoms. The van der Waals surface area contributed by atoms with Crippen LogP contribution in [0.25, 0.3) is 0 Å². The Morgan fingerprint density at radius 1 is 1.00 bits per heavy atom. The lowest BCUT2D eigenvalue weighted by atomic mass is 10.0. The summed E-state index contributed by atoms with van der Waals surface area (Å²) in [7, 11) is 0. The van der Waals surface area contributed by atoms with Crippen LogP contribution >= 0.6 is 27.7 Å². The average molecular weight is 307 g/mol. The maximum atomic E-state index is 12.4. The van der Waals surface area contributed by atoms with Gasteiger partial charge in [-0.15, -0.1) is 11.8 Å². The van der Waals surface area contributed by atoms with E-state index in [2.05, 4.69) is 15.9 Å². The molecule has 0 radical (unpaired) electrons. The van der Waals surface area contributed by atoms with E-state index in [4.69, 9.17) is 0 Å². The molecule has 0 heterocycles. The number of thioether (sulfide) groups is 1. The second kappa shape index (κ2) is 5.52. The number of hydrogen-bond acceptors (Lipinski definition) is 2. The lowest BCUT2D eigenvalue weighted by Gasteiger charge is -2.07. The fourth-order valence-electron chi connectivity index (χ4n) is 1.62. The first-order valence-corrected chi connectivity index (χ1v) is 7.18. The van der Waals surface area contributed by atoms with E-state index in [9.17, 15) is 4.79 Å². The van der Waals surface area contributed by atoms with Crippen molar-refractivity contribution in [2.45, 2.75) is 4.90 Å². The van der Waals surface area contributed by atoms with Crippen molar-refractivity contribution in [2.75, 3.05) is 6.26 Å². The highest BCUT2D eigenvalue weighted by atomic mass is 79.9. The van der Waals surface area contributed by atoms with Crippen molar-refractivity contribution in [1.82, 2.24) is 0 Å². The zero-order valence-electron chi connectivity index (χ0n) is 9.31. The summed E-state index contributed by atoms with van der Waals surface area (Å²) in [6.07, 6.45) is 1.98. The Morgan fingerprint density at radius 3 is 2.24 bits per heavy atom. The summed E-state index contributed by atoms with van der Waals surface area (Å²) in [6.45, 7) is 0. The second-order valence-corrected chi connectivity index (χ2v) is 5.21. The van der Waals surface area contributed by atoms with Crippen LogP contribution in [0.5, 0.6) is 0 Å². The smallest absolute Gasteiger partial charge is 0.195 e. The molecule has 0 N–H and O–H groups in total. The molecule has 0 spiro atoms.